The van der Waals surface area contributed by atoms with Crippen molar-refractivity contribution in [2.45, 2.75) is 6.42 Å². The van der Waals surface area contributed by atoms with Crippen molar-refractivity contribution >= 4 is 17.8 Å². The minimum absolute atomic E-state index is 0. The van der Waals surface area contributed by atoms with Crippen molar-refractivity contribution in [3.05, 3.63) is 28.9 Å². The molecule has 3 nitrogen and oxygen atoms in total. The van der Waals surface area contributed by atoms with Crippen LogP contribution in [0, 0.1) is 0 Å². The molecule has 0 aromatic heterocycles. The Hall–Kier alpha value is -1.22. The van der Waals surface area contributed by atoms with Crippen LogP contribution in [0.5, 0.6) is 0 Å². The summed E-state index contributed by atoms with van der Waals surface area (Å²) in [5.41, 5.74) is 0.197. The second-order valence-corrected chi connectivity index (χ2v) is 2.18. The zero-order valence-corrected chi connectivity index (χ0v) is 8.50. The molecule has 1 aliphatic rings. The molecule has 0 bridgehead atoms. The van der Waals surface area contributed by atoms with E-state index in [9.17, 15) is 14.4 Å². The Morgan fingerprint density at radius 1 is 1.08 bits per heavy atom. The predicted octanol–water partition coefficient (Wildman–Crippen LogP) is 0.218. The van der Waals surface area contributed by atoms with E-state index in [0.717, 1.165) is 0 Å². The summed E-state index contributed by atoms with van der Waals surface area (Å²) in [6.07, 6.45) is 3.36. The van der Waals surface area contributed by atoms with Gasteiger partial charge in [-0.1, -0.05) is 6.08 Å². The van der Waals surface area contributed by atoms with Crippen molar-refractivity contribution in [1.82, 2.24) is 0 Å². The standard InChI is InChI=1S/C9H4O3.Mo/c10-4-7-2-1-3-8(5-11)9(7)6-12;/h1-2H,3H2;. The van der Waals surface area contributed by atoms with Crippen LogP contribution in [-0.4, -0.2) is 17.8 Å². The first-order valence-electron chi connectivity index (χ1n) is 3.25. The Morgan fingerprint density at radius 2 is 1.77 bits per heavy atom. The molecule has 0 amide bonds. The van der Waals surface area contributed by atoms with E-state index < -0.39 is 0 Å². The Labute approximate surface area is 88.8 Å². The molecule has 0 aromatic carbocycles. The second-order valence-electron chi connectivity index (χ2n) is 2.18. The van der Waals surface area contributed by atoms with E-state index in [1.807, 2.05) is 0 Å². The van der Waals surface area contributed by atoms with Crippen LogP contribution in [0.25, 0.3) is 0 Å². The molecular weight excluding hydrogens is 252 g/mol. The first kappa shape index (κ1) is 11.8. The molecule has 1 rings (SSSR count). The zero-order valence-electron chi connectivity index (χ0n) is 6.49. The SMILES string of the molecule is O=C=C1C=CCC(=C=O)C1=C=O.[Mo]. The molecule has 0 unspecified atom stereocenters. The second kappa shape index (κ2) is 5.43. The summed E-state index contributed by atoms with van der Waals surface area (Å²) < 4.78 is 0. The van der Waals surface area contributed by atoms with Crippen LogP contribution in [0.2, 0.25) is 0 Å². The van der Waals surface area contributed by atoms with Crippen LogP contribution in [0.15, 0.2) is 28.9 Å². The summed E-state index contributed by atoms with van der Waals surface area (Å²) in [6, 6.07) is 0. The molecule has 0 radical (unpaired) electrons. The van der Waals surface area contributed by atoms with Crippen molar-refractivity contribution in [3.63, 3.8) is 0 Å². The largest absolute Gasteiger partial charge is 0.233 e. The molecule has 1 aliphatic carbocycles. The molecular formula is C9H4MoO3. The van der Waals surface area contributed by atoms with Crippen LogP contribution in [-0.2, 0) is 35.4 Å². The molecule has 64 valence electrons. The van der Waals surface area contributed by atoms with Gasteiger partial charge >= 0.3 is 0 Å². The maximum atomic E-state index is 10.3. The first-order chi connectivity index (χ1) is 5.83. The molecule has 0 heterocycles. The van der Waals surface area contributed by atoms with Crippen LogP contribution in [0.4, 0.5) is 0 Å². The van der Waals surface area contributed by atoms with Gasteiger partial charge in [0.2, 0.25) is 0 Å². The summed E-state index contributed by atoms with van der Waals surface area (Å²) in [4.78, 5) is 30.8. The third-order valence-corrected chi connectivity index (χ3v) is 1.51. The van der Waals surface area contributed by atoms with Gasteiger partial charge < -0.3 is 0 Å². The molecule has 0 saturated carbocycles. The number of allylic oxidation sites excluding steroid dienone is 5. The van der Waals surface area contributed by atoms with Gasteiger partial charge in [-0.15, -0.1) is 0 Å². The van der Waals surface area contributed by atoms with Crippen molar-refractivity contribution in [2.75, 3.05) is 0 Å². The number of carbonyl (C=O) groups excluding carboxylic acids is 3. The van der Waals surface area contributed by atoms with Gasteiger partial charge in [0.05, 0.1) is 16.7 Å². The van der Waals surface area contributed by atoms with Gasteiger partial charge in [0.15, 0.2) is 0 Å². The summed E-state index contributed by atoms with van der Waals surface area (Å²) in [5, 5.41) is 0. The van der Waals surface area contributed by atoms with Gasteiger partial charge in [0, 0.05) is 27.5 Å². The third kappa shape index (κ3) is 2.36. The molecule has 4 heteroatoms. The van der Waals surface area contributed by atoms with E-state index in [1.165, 1.54) is 12.0 Å². The van der Waals surface area contributed by atoms with Crippen molar-refractivity contribution in [3.8, 4) is 0 Å². The zero-order chi connectivity index (χ0) is 8.97. The van der Waals surface area contributed by atoms with E-state index >= 15 is 0 Å². The van der Waals surface area contributed by atoms with Gasteiger partial charge in [-0.3, -0.25) is 0 Å². The molecule has 0 atom stereocenters. The van der Waals surface area contributed by atoms with Crippen LogP contribution < -0.4 is 0 Å². The fourth-order valence-electron chi connectivity index (χ4n) is 0.937. The van der Waals surface area contributed by atoms with E-state index in [-0.39, 0.29) is 37.8 Å². The fraction of sp³-hybridized carbons (Fsp3) is 0.111. The van der Waals surface area contributed by atoms with Gasteiger partial charge in [-0.2, -0.15) is 0 Å². The molecule has 0 spiro atoms. The molecule has 0 saturated heterocycles. The van der Waals surface area contributed by atoms with Gasteiger partial charge in [-0.25, -0.2) is 14.4 Å². The minimum Gasteiger partial charge on any atom is -0.233 e. The molecule has 0 fully saturated rings. The Bertz CT molecular complexity index is 387. The van der Waals surface area contributed by atoms with Crippen molar-refractivity contribution < 1.29 is 35.4 Å². The average molecular weight is 256 g/mol. The van der Waals surface area contributed by atoms with Gasteiger partial charge in [0.25, 0.3) is 0 Å². The fourth-order valence-corrected chi connectivity index (χ4v) is 0.937. The molecule has 0 N–H and O–H groups in total. The van der Waals surface area contributed by atoms with Crippen LogP contribution in [0.1, 0.15) is 6.42 Å². The van der Waals surface area contributed by atoms with E-state index in [0.29, 0.717) is 6.42 Å². The van der Waals surface area contributed by atoms with E-state index in [1.54, 1.807) is 18.0 Å². The topological polar surface area (TPSA) is 51.2 Å². The Morgan fingerprint density at radius 3 is 2.23 bits per heavy atom. The van der Waals surface area contributed by atoms with Crippen LogP contribution in [0.3, 0.4) is 0 Å². The van der Waals surface area contributed by atoms with E-state index in [2.05, 4.69) is 0 Å². The summed E-state index contributed by atoms with van der Waals surface area (Å²) in [6.45, 7) is 0. The normalized spacial score (nSPS) is 14.0. The summed E-state index contributed by atoms with van der Waals surface area (Å²) in [7, 11) is 0. The Kier molecular flexibility index (Phi) is 4.92. The van der Waals surface area contributed by atoms with Crippen molar-refractivity contribution in [2.24, 2.45) is 0 Å². The number of hydrogen-bond acceptors (Lipinski definition) is 3. The van der Waals surface area contributed by atoms with Crippen LogP contribution >= 0.6 is 0 Å². The number of rotatable bonds is 0. The Balaban J connectivity index is 0.00000144. The minimum atomic E-state index is -0.0255. The average Bonchev–Trinajstić information content (AvgIpc) is 2.16. The monoisotopic (exact) mass is 258 g/mol. The van der Waals surface area contributed by atoms with Gasteiger partial charge in [0.1, 0.15) is 17.8 Å². The van der Waals surface area contributed by atoms with E-state index in [4.69, 9.17) is 0 Å². The number of hydrogen-bond donors (Lipinski definition) is 0. The quantitative estimate of drug-likeness (QED) is 0.460. The summed E-state index contributed by atoms with van der Waals surface area (Å²) in [5.74, 6) is 4.66. The summed E-state index contributed by atoms with van der Waals surface area (Å²) >= 11 is 0. The molecule has 13 heavy (non-hydrogen) atoms. The third-order valence-electron chi connectivity index (χ3n) is 1.51. The molecule has 0 aliphatic heterocycles. The maximum absolute atomic E-state index is 10.3. The molecule has 0 aromatic rings. The van der Waals surface area contributed by atoms with Gasteiger partial charge in [-0.05, 0) is 6.08 Å². The first-order valence-corrected chi connectivity index (χ1v) is 3.25. The van der Waals surface area contributed by atoms with Crippen molar-refractivity contribution in [1.29, 1.82) is 0 Å². The predicted molar refractivity (Wildman–Crippen MR) is 41.4 cm³/mol. The maximum Gasteiger partial charge on any atom is 0.134 e. The smallest absolute Gasteiger partial charge is 0.134 e.